The highest BCUT2D eigenvalue weighted by molar-refractivity contribution is 9.12. The van der Waals surface area contributed by atoms with E-state index >= 15 is 0 Å². The number of benzene rings is 1. The summed E-state index contributed by atoms with van der Waals surface area (Å²) in [5, 5.41) is 2.79. The maximum atomic E-state index is 13.0. The molecule has 3 fully saturated rings. The van der Waals surface area contributed by atoms with E-state index in [1.165, 1.54) is 4.90 Å². The maximum absolute atomic E-state index is 13.0. The van der Waals surface area contributed by atoms with Crippen molar-refractivity contribution >= 4 is 55.3 Å². The average molecular weight is 514 g/mol. The quantitative estimate of drug-likeness (QED) is 0.484. The van der Waals surface area contributed by atoms with Crippen LogP contribution >= 0.6 is 31.9 Å². The summed E-state index contributed by atoms with van der Waals surface area (Å²) in [4.78, 5) is 40.3. The molecule has 28 heavy (non-hydrogen) atoms. The van der Waals surface area contributed by atoms with Crippen LogP contribution in [0.2, 0.25) is 0 Å². The van der Waals surface area contributed by atoms with Gasteiger partial charge in [-0.05, 0) is 56.4 Å². The van der Waals surface area contributed by atoms with Crippen molar-refractivity contribution in [3.63, 3.8) is 0 Å². The molecule has 4 rings (SSSR count). The van der Waals surface area contributed by atoms with E-state index in [9.17, 15) is 14.4 Å². The summed E-state index contributed by atoms with van der Waals surface area (Å²) in [5.41, 5.74) is 0.598. The van der Waals surface area contributed by atoms with Gasteiger partial charge in [0.25, 0.3) is 0 Å². The molecule has 1 aromatic rings. The molecule has 0 unspecified atom stereocenters. The Hall–Kier alpha value is -1.41. The number of rotatable bonds is 5. The van der Waals surface area contributed by atoms with E-state index in [1.807, 2.05) is 6.92 Å². The van der Waals surface area contributed by atoms with E-state index in [1.54, 1.807) is 31.2 Å². The molecule has 2 bridgehead atoms. The number of carbonyl (C=O) groups excluding carboxylic acids is 3. The number of imide groups is 1. The van der Waals surface area contributed by atoms with Crippen LogP contribution < -0.4 is 10.1 Å². The zero-order valence-corrected chi connectivity index (χ0v) is 18.8. The Morgan fingerprint density at radius 1 is 1.14 bits per heavy atom. The number of fused-ring (bicyclic) bond motifs is 5. The third-order valence-electron chi connectivity index (χ3n) is 6.22. The molecule has 3 aliphatic rings. The second-order valence-corrected chi connectivity index (χ2v) is 9.79. The Morgan fingerprint density at radius 3 is 2.18 bits per heavy atom. The number of halogens is 2. The number of alkyl halides is 2. The van der Waals surface area contributed by atoms with Gasteiger partial charge in [-0.25, -0.2) is 0 Å². The summed E-state index contributed by atoms with van der Waals surface area (Å²) in [6, 6.07) is 6.17. The van der Waals surface area contributed by atoms with Crippen molar-refractivity contribution in [3.05, 3.63) is 24.3 Å². The van der Waals surface area contributed by atoms with Gasteiger partial charge in [-0.15, -0.1) is 0 Å². The van der Waals surface area contributed by atoms with Crippen LogP contribution in [0, 0.1) is 23.7 Å². The predicted octanol–water partition coefficient (Wildman–Crippen LogP) is 3.19. The molecule has 7 atom stereocenters. The fourth-order valence-electron chi connectivity index (χ4n) is 4.92. The van der Waals surface area contributed by atoms with Gasteiger partial charge in [0, 0.05) is 15.3 Å². The van der Waals surface area contributed by atoms with E-state index in [0.29, 0.717) is 12.3 Å². The number of hydrogen-bond donors (Lipinski definition) is 1. The lowest BCUT2D eigenvalue weighted by Crippen LogP contribution is -2.46. The Labute approximate surface area is 180 Å². The molecule has 1 heterocycles. The summed E-state index contributed by atoms with van der Waals surface area (Å²) in [7, 11) is 0. The molecule has 2 saturated carbocycles. The molecule has 2 aliphatic carbocycles. The predicted molar refractivity (Wildman–Crippen MR) is 112 cm³/mol. The first-order valence-corrected chi connectivity index (χ1v) is 11.4. The number of nitrogens with zero attached hydrogens (tertiary/aromatic N) is 1. The van der Waals surface area contributed by atoms with Crippen LogP contribution in [0.5, 0.6) is 5.75 Å². The van der Waals surface area contributed by atoms with Gasteiger partial charge in [-0.2, -0.15) is 0 Å². The van der Waals surface area contributed by atoms with Crippen LogP contribution in [0.1, 0.15) is 20.3 Å². The first-order chi connectivity index (χ1) is 13.3. The Bertz CT molecular complexity index is 783. The minimum atomic E-state index is -0.848. The summed E-state index contributed by atoms with van der Waals surface area (Å²) >= 11 is 7.35. The van der Waals surface area contributed by atoms with Crippen molar-refractivity contribution < 1.29 is 19.1 Å². The van der Waals surface area contributed by atoms with Gasteiger partial charge in [0.15, 0.2) is 0 Å². The van der Waals surface area contributed by atoms with E-state index in [4.69, 9.17) is 4.74 Å². The Kier molecular flexibility index (Phi) is 5.29. The number of likely N-dealkylation sites (tertiary alicyclic amines) is 1. The van der Waals surface area contributed by atoms with Gasteiger partial charge in [-0.1, -0.05) is 31.9 Å². The van der Waals surface area contributed by atoms with E-state index in [0.717, 1.165) is 12.2 Å². The summed E-state index contributed by atoms with van der Waals surface area (Å²) < 4.78 is 5.39. The molecule has 0 radical (unpaired) electrons. The number of carbonyl (C=O) groups is 3. The van der Waals surface area contributed by atoms with Crippen LogP contribution in [0.15, 0.2) is 24.3 Å². The molecule has 1 N–H and O–H groups in total. The van der Waals surface area contributed by atoms with Crippen molar-refractivity contribution in [1.29, 1.82) is 0 Å². The second kappa shape index (κ2) is 7.44. The third-order valence-corrected chi connectivity index (χ3v) is 9.43. The van der Waals surface area contributed by atoms with Crippen molar-refractivity contribution in [2.75, 3.05) is 11.9 Å². The van der Waals surface area contributed by atoms with Gasteiger partial charge < -0.3 is 10.1 Å². The molecule has 1 saturated heterocycles. The summed E-state index contributed by atoms with van der Waals surface area (Å²) in [6.07, 6.45) is 0.874. The van der Waals surface area contributed by atoms with E-state index < -0.39 is 6.04 Å². The van der Waals surface area contributed by atoms with E-state index in [2.05, 4.69) is 37.2 Å². The summed E-state index contributed by atoms with van der Waals surface area (Å²) in [5.74, 6) is -0.405. The fourth-order valence-corrected chi connectivity index (χ4v) is 6.79. The standard InChI is InChI=1S/C20H22Br2N2O4/c1-3-28-11-6-4-10(5-7-11)23-18(25)9(2)24-19(26)14-12-8-13(15(14)20(24)27)17(22)16(12)21/h4-7,9,12-17H,3,8H2,1-2H3,(H,23,25)/t9-,12+,13+,14-,15+,16-,17+/m1/s1. The zero-order valence-electron chi connectivity index (χ0n) is 15.6. The smallest absolute Gasteiger partial charge is 0.247 e. The Morgan fingerprint density at radius 2 is 1.68 bits per heavy atom. The van der Waals surface area contributed by atoms with Gasteiger partial charge in [0.1, 0.15) is 11.8 Å². The van der Waals surface area contributed by atoms with Gasteiger partial charge >= 0.3 is 0 Å². The molecule has 6 nitrogen and oxygen atoms in total. The SMILES string of the molecule is CCOc1ccc(NC(=O)[C@@H](C)N2C(=O)[C@@H]3[C@@H]4C[C@H]([C@H](Br)[C@@H]4Br)[C@@H]3C2=O)cc1. The first kappa shape index (κ1) is 19.9. The Balaban J connectivity index is 1.47. The van der Waals surface area contributed by atoms with Gasteiger partial charge in [-0.3, -0.25) is 19.3 Å². The molecule has 1 aromatic carbocycles. The largest absolute Gasteiger partial charge is 0.494 e. The molecular formula is C20H22Br2N2O4. The molecule has 0 aromatic heterocycles. The number of nitrogens with one attached hydrogen (secondary N) is 1. The maximum Gasteiger partial charge on any atom is 0.247 e. The van der Waals surface area contributed by atoms with E-state index in [-0.39, 0.29) is 51.0 Å². The second-order valence-electron chi connectivity index (χ2n) is 7.67. The minimum Gasteiger partial charge on any atom is -0.494 e. The highest BCUT2D eigenvalue weighted by Gasteiger charge is 2.67. The highest BCUT2D eigenvalue weighted by Crippen LogP contribution is 2.60. The molecule has 0 spiro atoms. The third kappa shape index (κ3) is 3.00. The van der Waals surface area contributed by atoms with Crippen LogP contribution in [-0.2, 0) is 14.4 Å². The lowest BCUT2D eigenvalue weighted by molar-refractivity contribution is -0.146. The number of ether oxygens (including phenoxy) is 1. The number of hydrogen-bond acceptors (Lipinski definition) is 4. The summed E-state index contributed by atoms with van der Waals surface area (Å²) in [6.45, 7) is 4.08. The molecular weight excluding hydrogens is 492 g/mol. The molecule has 150 valence electrons. The average Bonchev–Trinajstić information content (AvgIpc) is 3.28. The molecule has 8 heteroatoms. The van der Waals surface area contributed by atoms with Crippen LogP contribution in [0.4, 0.5) is 5.69 Å². The van der Waals surface area contributed by atoms with Crippen molar-refractivity contribution in [3.8, 4) is 5.75 Å². The fraction of sp³-hybridized carbons (Fsp3) is 0.550. The zero-order chi connectivity index (χ0) is 20.2. The lowest BCUT2D eigenvalue weighted by Gasteiger charge is -2.28. The van der Waals surface area contributed by atoms with Crippen LogP contribution in [0.3, 0.4) is 0 Å². The number of anilines is 1. The van der Waals surface area contributed by atoms with Gasteiger partial charge in [0.05, 0.1) is 18.4 Å². The normalized spacial score (nSPS) is 34.5. The lowest BCUT2D eigenvalue weighted by atomic mass is 9.81. The monoisotopic (exact) mass is 512 g/mol. The highest BCUT2D eigenvalue weighted by atomic mass is 79.9. The van der Waals surface area contributed by atoms with Crippen molar-refractivity contribution in [1.82, 2.24) is 4.90 Å². The van der Waals surface area contributed by atoms with Crippen LogP contribution in [-0.4, -0.2) is 44.9 Å². The molecule has 3 amide bonds. The number of amides is 3. The van der Waals surface area contributed by atoms with Crippen LogP contribution in [0.25, 0.3) is 0 Å². The topological polar surface area (TPSA) is 75.7 Å². The van der Waals surface area contributed by atoms with Gasteiger partial charge in [0.2, 0.25) is 17.7 Å². The first-order valence-electron chi connectivity index (χ1n) is 9.54. The molecule has 1 aliphatic heterocycles. The van der Waals surface area contributed by atoms with Crippen molar-refractivity contribution in [2.45, 2.75) is 36.0 Å². The van der Waals surface area contributed by atoms with Crippen molar-refractivity contribution in [2.24, 2.45) is 23.7 Å². The minimum absolute atomic E-state index is 0.141.